The Morgan fingerprint density at radius 3 is 2.74 bits per heavy atom. The summed E-state index contributed by atoms with van der Waals surface area (Å²) in [4.78, 5) is 27.9. The van der Waals surface area contributed by atoms with E-state index in [0.29, 0.717) is 27.2 Å². The highest BCUT2D eigenvalue weighted by Crippen LogP contribution is 2.28. The quantitative estimate of drug-likeness (QED) is 0.539. The first kappa shape index (κ1) is 20.7. The number of rotatable bonds is 7. The van der Waals surface area contributed by atoms with Crippen LogP contribution in [-0.4, -0.2) is 28.6 Å². The van der Waals surface area contributed by atoms with Gasteiger partial charge in [0.1, 0.15) is 5.75 Å². The van der Waals surface area contributed by atoms with Gasteiger partial charge in [0.15, 0.2) is 6.10 Å². The van der Waals surface area contributed by atoms with Crippen molar-refractivity contribution in [2.75, 3.05) is 5.32 Å². The van der Waals surface area contributed by atoms with E-state index in [4.69, 9.17) is 27.9 Å². The molecule has 9 heteroatoms. The third kappa shape index (κ3) is 6.88. The van der Waals surface area contributed by atoms with Gasteiger partial charge < -0.3 is 10.1 Å². The molecule has 0 unspecified atom stereocenters. The molecule has 27 heavy (non-hydrogen) atoms. The summed E-state index contributed by atoms with van der Waals surface area (Å²) in [7, 11) is 0. The molecule has 0 radical (unpaired) electrons. The van der Waals surface area contributed by atoms with Gasteiger partial charge in [0.2, 0.25) is 5.91 Å². The number of pyridine rings is 1. The molecule has 0 aliphatic carbocycles. The number of amides is 2. The third-order valence-corrected chi connectivity index (χ3v) is 3.82. The Morgan fingerprint density at radius 2 is 2.07 bits per heavy atom. The minimum absolute atomic E-state index is 0.0213. The number of hydrogen-bond acceptors (Lipinski definition) is 5. The largest absolute Gasteiger partial charge is 0.479 e. The number of benzene rings is 1. The lowest BCUT2D eigenvalue weighted by Gasteiger charge is -2.14. The van der Waals surface area contributed by atoms with Crippen molar-refractivity contribution >= 4 is 46.4 Å². The Morgan fingerprint density at radius 1 is 1.30 bits per heavy atom. The molecular formula is C18H18Cl2N4O3. The van der Waals surface area contributed by atoms with E-state index in [0.717, 1.165) is 0 Å². The van der Waals surface area contributed by atoms with Crippen LogP contribution in [0.1, 0.15) is 20.3 Å². The second-order valence-electron chi connectivity index (χ2n) is 5.62. The molecule has 1 aromatic carbocycles. The number of hydrogen-bond donors (Lipinski definition) is 2. The zero-order valence-corrected chi connectivity index (χ0v) is 16.2. The van der Waals surface area contributed by atoms with Crippen LogP contribution in [0, 0.1) is 0 Å². The topological polar surface area (TPSA) is 92.7 Å². The van der Waals surface area contributed by atoms with Crippen molar-refractivity contribution in [3.8, 4) is 5.75 Å². The van der Waals surface area contributed by atoms with Crippen molar-refractivity contribution in [2.45, 2.75) is 26.4 Å². The van der Waals surface area contributed by atoms with Gasteiger partial charge in [-0.3, -0.25) is 14.6 Å². The van der Waals surface area contributed by atoms with Gasteiger partial charge in [0.05, 0.1) is 23.3 Å². The van der Waals surface area contributed by atoms with Crippen molar-refractivity contribution in [2.24, 2.45) is 5.10 Å². The number of carbonyl (C=O) groups is 2. The molecule has 142 valence electrons. The van der Waals surface area contributed by atoms with Crippen LogP contribution in [0.4, 0.5) is 5.69 Å². The molecule has 0 aliphatic rings. The lowest BCUT2D eigenvalue weighted by molar-refractivity contribution is -0.127. The number of carbonyl (C=O) groups excluding carboxylic acids is 2. The van der Waals surface area contributed by atoms with Gasteiger partial charge >= 0.3 is 0 Å². The fraction of sp³-hybridized carbons (Fsp3) is 0.222. The summed E-state index contributed by atoms with van der Waals surface area (Å²) < 4.78 is 5.50. The van der Waals surface area contributed by atoms with Crippen LogP contribution >= 0.6 is 23.2 Å². The lowest BCUT2D eigenvalue weighted by atomic mass is 10.3. The van der Waals surface area contributed by atoms with E-state index >= 15 is 0 Å². The summed E-state index contributed by atoms with van der Waals surface area (Å²) in [5, 5.41) is 7.36. The number of aromatic nitrogens is 1. The predicted molar refractivity (Wildman–Crippen MR) is 105 cm³/mol. The Balaban J connectivity index is 1.84. The van der Waals surface area contributed by atoms with Gasteiger partial charge in [0, 0.05) is 16.9 Å². The number of hydrazone groups is 1. The third-order valence-electron chi connectivity index (χ3n) is 3.29. The SMILES string of the molecule is C/C(CC(=O)Nc1cccnc1)=N/NC(=O)[C@H](C)Oc1ccc(Cl)cc1Cl. The molecule has 2 N–H and O–H groups in total. The van der Waals surface area contributed by atoms with Crippen LogP contribution in [0.5, 0.6) is 5.75 Å². The molecule has 0 aliphatic heterocycles. The summed E-state index contributed by atoms with van der Waals surface area (Å²) in [6.45, 7) is 3.19. The van der Waals surface area contributed by atoms with Crippen LogP contribution in [0.15, 0.2) is 47.8 Å². The Hall–Kier alpha value is -2.64. The fourth-order valence-corrected chi connectivity index (χ4v) is 2.42. The molecule has 1 aromatic heterocycles. The maximum Gasteiger partial charge on any atom is 0.280 e. The van der Waals surface area contributed by atoms with Crippen molar-refractivity contribution in [3.05, 3.63) is 52.8 Å². The monoisotopic (exact) mass is 408 g/mol. The van der Waals surface area contributed by atoms with E-state index < -0.39 is 12.0 Å². The zero-order valence-electron chi connectivity index (χ0n) is 14.7. The number of nitrogens with zero attached hydrogens (tertiary/aromatic N) is 2. The van der Waals surface area contributed by atoms with E-state index in [2.05, 4.69) is 20.8 Å². The first-order valence-electron chi connectivity index (χ1n) is 7.99. The summed E-state index contributed by atoms with van der Waals surface area (Å²) in [5.74, 6) is -0.413. The van der Waals surface area contributed by atoms with E-state index in [1.807, 2.05) is 0 Å². The summed E-state index contributed by atoms with van der Waals surface area (Å²) in [6.07, 6.45) is 2.32. The molecule has 7 nitrogen and oxygen atoms in total. The lowest BCUT2D eigenvalue weighted by Crippen LogP contribution is -2.34. The highest BCUT2D eigenvalue weighted by molar-refractivity contribution is 6.35. The van der Waals surface area contributed by atoms with Gasteiger partial charge in [-0.05, 0) is 44.2 Å². The average molecular weight is 409 g/mol. The van der Waals surface area contributed by atoms with E-state index in [1.54, 1.807) is 44.3 Å². The van der Waals surface area contributed by atoms with Crippen LogP contribution in [-0.2, 0) is 9.59 Å². The minimum atomic E-state index is -0.843. The summed E-state index contributed by atoms with van der Waals surface area (Å²) in [6, 6.07) is 8.14. The first-order valence-corrected chi connectivity index (χ1v) is 8.75. The molecule has 0 spiro atoms. The molecule has 2 amide bonds. The zero-order chi connectivity index (χ0) is 19.8. The van der Waals surface area contributed by atoms with Gasteiger partial charge in [0.25, 0.3) is 5.91 Å². The van der Waals surface area contributed by atoms with Crippen LogP contribution in [0.3, 0.4) is 0 Å². The second-order valence-corrected chi connectivity index (χ2v) is 6.47. The molecule has 1 atom stereocenters. The van der Waals surface area contributed by atoms with Crippen LogP contribution < -0.4 is 15.5 Å². The van der Waals surface area contributed by atoms with Gasteiger partial charge in [-0.15, -0.1) is 0 Å². The Kier molecular flexibility index (Phi) is 7.57. The van der Waals surface area contributed by atoms with Crippen molar-refractivity contribution < 1.29 is 14.3 Å². The van der Waals surface area contributed by atoms with Crippen molar-refractivity contribution in [1.82, 2.24) is 10.4 Å². The Bertz CT molecular complexity index is 844. The number of anilines is 1. The molecule has 0 fully saturated rings. The fourth-order valence-electron chi connectivity index (χ4n) is 1.97. The second kappa shape index (κ2) is 9.89. The molecule has 0 saturated carbocycles. The molecule has 0 bridgehead atoms. The molecule has 0 saturated heterocycles. The van der Waals surface area contributed by atoms with E-state index in [9.17, 15) is 9.59 Å². The van der Waals surface area contributed by atoms with Crippen molar-refractivity contribution in [1.29, 1.82) is 0 Å². The van der Waals surface area contributed by atoms with E-state index in [1.165, 1.54) is 12.3 Å². The molecular weight excluding hydrogens is 391 g/mol. The maximum atomic E-state index is 12.1. The average Bonchev–Trinajstić information content (AvgIpc) is 2.62. The predicted octanol–water partition coefficient (Wildman–Crippen LogP) is 3.68. The number of ether oxygens (including phenoxy) is 1. The first-order chi connectivity index (χ1) is 12.8. The molecule has 1 heterocycles. The van der Waals surface area contributed by atoms with Gasteiger partial charge in [-0.2, -0.15) is 5.10 Å². The van der Waals surface area contributed by atoms with Crippen molar-refractivity contribution in [3.63, 3.8) is 0 Å². The number of halogens is 2. The van der Waals surface area contributed by atoms with Gasteiger partial charge in [-0.1, -0.05) is 23.2 Å². The Labute approximate surface area is 166 Å². The van der Waals surface area contributed by atoms with Gasteiger partial charge in [-0.25, -0.2) is 5.43 Å². The number of nitrogens with one attached hydrogen (secondary N) is 2. The van der Waals surface area contributed by atoms with Crippen LogP contribution in [0.2, 0.25) is 10.0 Å². The minimum Gasteiger partial charge on any atom is -0.479 e. The summed E-state index contributed by atoms with van der Waals surface area (Å²) >= 11 is 11.8. The molecule has 2 rings (SSSR count). The smallest absolute Gasteiger partial charge is 0.280 e. The summed E-state index contributed by atoms with van der Waals surface area (Å²) in [5.41, 5.74) is 3.38. The normalized spacial score (nSPS) is 12.2. The highest BCUT2D eigenvalue weighted by Gasteiger charge is 2.16. The highest BCUT2D eigenvalue weighted by atomic mass is 35.5. The molecule has 2 aromatic rings. The standard InChI is InChI=1S/C18H18Cl2N4O3/c1-11(8-17(25)22-14-4-3-7-21-10-14)23-24-18(26)12(2)27-16-6-5-13(19)9-15(16)20/h3-7,9-10,12H,8H2,1-2H3,(H,22,25)(H,24,26)/b23-11-/t12-/m0/s1. The van der Waals surface area contributed by atoms with E-state index in [-0.39, 0.29) is 12.3 Å². The van der Waals surface area contributed by atoms with Crippen LogP contribution in [0.25, 0.3) is 0 Å². The maximum absolute atomic E-state index is 12.1.